The Balaban J connectivity index is 2.10. The van der Waals surface area contributed by atoms with Gasteiger partial charge in [0.2, 0.25) is 11.8 Å². The number of ether oxygens (including phenoxy) is 2. The molecule has 1 unspecified atom stereocenters. The van der Waals surface area contributed by atoms with Crippen molar-refractivity contribution in [1.29, 1.82) is 0 Å². The number of fused-ring (bicyclic) bond motifs is 1. The summed E-state index contributed by atoms with van der Waals surface area (Å²) in [5.41, 5.74) is -1.14. The van der Waals surface area contributed by atoms with Crippen molar-refractivity contribution in [2.75, 3.05) is 26.3 Å². The molecule has 2 amide bonds. The summed E-state index contributed by atoms with van der Waals surface area (Å²) in [4.78, 5) is 44.2. The average molecular weight is 543 g/mol. The van der Waals surface area contributed by atoms with Gasteiger partial charge in [0.1, 0.15) is 11.6 Å². The number of aliphatic hydroxyl groups excluding tert-OH is 1. The van der Waals surface area contributed by atoms with Crippen molar-refractivity contribution in [2.24, 2.45) is 17.8 Å². The Morgan fingerprint density at radius 3 is 2.68 bits per heavy atom. The van der Waals surface area contributed by atoms with Crippen LogP contribution in [0.15, 0.2) is 12.7 Å². The van der Waals surface area contributed by atoms with Crippen LogP contribution < -0.4 is 0 Å². The van der Waals surface area contributed by atoms with Crippen LogP contribution in [0.5, 0.6) is 0 Å². The van der Waals surface area contributed by atoms with E-state index in [2.05, 4.69) is 29.4 Å². The van der Waals surface area contributed by atoms with E-state index in [0.717, 1.165) is 12.8 Å². The molecule has 0 aliphatic carbocycles. The molecule has 3 saturated heterocycles. The number of esters is 1. The number of aliphatic hydroxyl groups is 1. The second-order valence-corrected chi connectivity index (χ2v) is 11.2. The first-order valence-corrected chi connectivity index (χ1v) is 13.4. The number of rotatable bonds is 12. The third-order valence-electron chi connectivity index (χ3n) is 7.31. The quantitative estimate of drug-likeness (QED) is 0.231. The van der Waals surface area contributed by atoms with Gasteiger partial charge in [-0.3, -0.25) is 14.4 Å². The minimum atomic E-state index is -1.14. The van der Waals surface area contributed by atoms with E-state index in [1.807, 2.05) is 13.8 Å². The van der Waals surface area contributed by atoms with Gasteiger partial charge in [-0.25, -0.2) is 0 Å². The first-order chi connectivity index (χ1) is 16.2. The molecule has 3 heterocycles. The van der Waals surface area contributed by atoms with Crippen molar-refractivity contribution in [3.63, 3.8) is 0 Å². The highest BCUT2D eigenvalue weighted by Gasteiger charge is 2.77. The predicted octanol–water partition coefficient (Wildman–Crippen LogP) is 2.52. The van der Waals surface area contributed by atoms with E-state index in [1.165, 1.54) is 0 Å². The van der Waals surface area contributed by atoms with Crippen molar-refractivity contribution in [2.45, 2.75) is 82.0 Å². The van der Waals surface area contributed by atoms with Crippen molar-refractivity contribution in [3.8, 4) is 0 Å². The van der Waals surface area contributed by atoms with Crippen LogP contribution in [0.25, 0.3) is 0 Å². The van der Waals surface area contributed by atoms with Gasteiger partial charge in [0.05, 0.1) is 37.2 Å². The topological polar surface area (TPSA) is 96.4 Å². The van der Waals surface area contributed by atoms with E-state index >= 15 is 0 Å². The van der Waals surface area contributed by atoms with Gasteiger partial charge in [0.25, 0.3) is 0 Å². The second kappa shape index (κ2) is 11.1. The molecule has 7 atom stereocenters. The van der Waals surface area contributed by atoms with Gasteiger partial charge in [0, 0.05) is 17.9 Å². The molecule has 34 heavy (non-hydrogen) atoms. The van der Waals surface area contributed by atoms with Crippen LogP contribution in [0.4, 0.5) is 0 Å². The third-order valence-corrected chi connectivity index (χ3v) is 8.15. The molecule has 1 N–H and O–H groups in total. The number of amides is 2. The van der Waals surface area contributed by atoms with Crippen LogP contribution in [-0.4, -0.2) is 87.6 Å². The lowest BCUT2D eigenvalue weighted by Gasteiger charge is -2.39. The minimum Gasteiger partial charge on any atom is -0.466 e. The Hall–Kier alpha value is -1.45. The summed E-state index contributed by atoms with van der Waals surface area (Å²) in [5, 5.41) is 10.3. The summed E-state index contributed by atoms with van der Waals surface area (Å²) in [6.45, 7) is 12.5. The van der Waals surface area contributed by atoms with E-state index in [1.54, 1.807) is 22.8 Å². The van der Waals surface area contributed by atoms with Crippen LogP contribution >= 0.6 is 15.9 Å². The van der Waals surface area contributed by atoms with E-state index in [0.29, 0.717) is 25.9 Å². The fourth-order valence-electron chi connectivity index (χ4n) is 6.04. The summed E-state index contributed by atoms with van der Waals surface area (Å²) in [6.07, 6.45) is 3.86. The van der Waals surface area contributed by atoms with E-state index in [9.17, 15) is 19.5 Å². The first-order valence-electron chi connectivity index (χ1n) is 12.5. The zero-order valence-corrected chi connectivity index (χ0v) is 22.3. The Labute approximate surface area is 211 Å². The molecule has 3 aliphatic heterocycles. The first kappa shape index (κ1) is 27.1. The smallest absolute Gasteiger partial charge is 0.312 e. The zero-order chi connectivity index (χ0) is 25.2. The largest absolute Gasteiger partial charge is 0.466 e. The van der Waals surface area contributed by atoms with Gasteiger partial charge < -0.3 is 24.4 Å². The van der Waals surface area contributed by atoms with Gasteiger partial charge in [-0.2, -0.15) is 0 Å². The summed E-state index contributed by atoms with van der Waals surface area (Å²) in [5.74, 6) is -2.37. The molecule has 0 radical (unpaired) electrons. The second-order valence-electron chi connectivity index (χ2n) is 10.1. The number of likely N-dealkylation sites (tertiary alicyclic amines) is 1. The monoisotopic (exact) mass is 542 g/mol. The molecule has 2 bridgehead atoms. The van der Waals surface area contributed by atoms with Gasteiger partial charge >= 0.3 is 5.97 Å². The highest BCUT2D eigenvalue weighted by atomic mass is 79.9. The molecule has 0 aromatic carbocycles. The maximum Gasteiger partial charge on any atom is 0.312 e. The molecular weight excluding hydrogens is 504 g/mol. The van der Waals surface area contributed by atoms with Crippen molar-refractivity contribution in [3.05, 3.63) is 12.7 Å². The number of hydrogen-bond acceptors (Lipinski definition) is 6. The molecule has 3 rings (SSSR count). The van der Waals surface area contributed by atoms with Gasteiger partial charge in [-0.1, -0.05) is 49.2 Å². The fourth-order valence-corrected chi connectivity index (χ4v) is 6.98. The molecule has 192 valence electrons. The third kappa shape index (κ3) is 4.55. The Bertz CT molecular complexity index is 791. The molecule has 0 aromatic heterocycles. The minimum absolute atomic E-state index is 0.178. The maximum atomic E-state index is 14.1. The van der Waals surface area contributed by atoms with Gasteiger partial charge in [-0.15, -0.1) is 6.58 Å². The molecule has 8 nitrogen and oxygen atoms in total. The lowest BCUT2D eigenvalue weighted by Crippen LogP contribution is -2.59. The number of alkyl halides is 1. The van der Waals surface area contributed by atoms with E-state index in [-0.39, 0.29) is 35.8 Å². The average Bonchev–Trinajstić information content (AvgIpc) is 3.38. The van der Waals surface area contributed by atoms with Crippen molar-refractivity contribution >= 4 is 33.7 Å². The van der Waals surface area contributed by atoms with Crippen molar-refractivity contribution in [1.82, 2.24) is 9.80 Å². The molecule has 0 saturated carbocycles. The van der Waals surface area contributed by atoms with Crippen LogP contribution in [0.2, 0.25) is 0 Å². The summed E-state index contributed by atoms with van der Waals surface area (Å²) < 4.78 is 11.8. The lowest BCUT2D eigenvalue weighted by atomic mass is 9.70. The number of carbonyl (C=O) groups is 3. The summed E-state index contributed by atoms with van der Waals surface area (Å²) in [6, 6.07) is -1.46. The SMILES string of the molecule is C=CCN(CCCC)C(=O)[C@@H]1N([C@@H](CO)CC(C)C)C(=O)[C@H]2[C@H](C(=O)OCC)[C@H]3O[C@@]12CC3Br. The molecule has 0 aromatic rings. The highest BCUT2D eigenvalue weighted by Crippen LogP contribution is 2.60. The Morgan fingerprint density at radius 2 is 2.12 bits per heavy atom. The standard InChI is InChI=1S/C25H39BrN2O6/c1-6-9-11-27(10-7-2)23(31)21-25-13-17(26)20(34-25)18(24(32)33-8-3)19(25)22(30)28(21)16(14-29)12-15(4)5/h7,15-21,29H,2,6,8-14H2,1,3-5H3/t16-,17?,18+,19-,20+,21+,25-/m1/s1. The number of unbranched alkanes of at least 4 members (excludes halogenated alkanes) is 1. The summed E-state index contributed by atoms with van der Waals surface area (Å²) >= 11 is 3.65. The highest BCUT2D eigenvalue weighted by molar-refractivity contribution is 9.09. The molecule has 3 fully saturated rings. The van der Waals surface area contributed by atoms with Crippen LogP contribution in [0.1, 0.15) is 53.4 Å². The van der Waals surface area contributed by atoms with Gasteiger partial charge in [-0.05, 0) is 32.1 Å². The fraction of sp³-hybridized carbons (Fsp3) is 0.800. The van der Waals surface area contributed by atoms with Crippen LogP contribution in [-0.2, 0) is 23.9 Å². The number of nitrogens with zero attached hydrogens (tertiary/aromatic N) is 2. The van der Waals surface area contributed by atoms with Crippen LogP contribution in [0, 0.1) is 17.8 Å². The maximum absolute atomic E-state index is 14.1. The Kier molecular flexibility index (Phi) is 8.85. The summed E-state index contributed by atoms with van der Waals surface area (Å²) in [7, 11) is 0. The molecule has 1 spiro atoms. The van der Waals surface area contributed by atoms with Gasteiger partial charge in [0.15, 0.2) is 0 Å². The molecule has 3 aliphatic rings. The number of halogens is 1. The van der Waals surface area contributed by atoms with Crippen LogP contribution in [0.3, 0.4) is 0 Å². The number of hydrogen-bond donors (Lipinski definition) is 1. The predicted molar refractivity (Wildman–Crippen MR) is 131 cm³/mol. The normalized spacial score (nSPS) is 32.7. The van der Waals surface area contributed by atoms with Crippen molar-refractivity contribution < 1.29 is 29.0 Å². The molecular formula is C25H39BrN2O6. The number of carbonyl (C=O) groups excluding carboxylic acids is 3. The lowest BCUT2D eigenvalue weighted by molar-refractivity contribution is -0.156. The van der Waals surface area contributed by atoms with E-state index < -0.39 is 41.6 Å². The Morgan fingerprint density at radius 1 is 1.41 bits per heavy atom. The van der Waals surface area contributed by atoms with E-state index in [4.69, 9.17) is 9.47 Å². The zero-order valence-electron chi connectivity index (χ0n) is 20.7. The molecule has 9 heteroatoms.